The van der Waals surface area contributed by atoms with Crippen LogP contribution in [0.15, 0.2) is 35.4 Å². The molecule has 1 aromatic heterocycles. The van der Waals surface area contributed by atoms with E-state index in [-0.39, 0.29) is 23.8 Å². The lowest BCUT2D eigenvalue weighted by Gasteiger charge is -2.33. The van der Waals surface area contributed by atoms with Crippen LogP contribution in [0, 0.1) is 0 Å². The van der Waals surface area contributed by atoms with Crippen LogP contribution >= 0.6 is 0 Å². The Morgan fingerprint density at radius 2 is 2.04 bits per heavy atom. The van der Waals surface area contributed by atoms with E-state index < -0.39 is 28.8 Å². The molecule has 1 aromatic carbocycles. The van der Waals surface area contributed by atoms with E-state index in [1.165, 1.54) is 19.2 Å². The molecule has 0 amide bonds. The number of alkyl halides is 3. The first-order valence-electron chi connectivity index (χ1n) is 7.99. The van der Waals surface area contributed by atoms with Gasteiger partial charge in [-0.15, -0.1) is 0 Å². The second-order valence-corrected chi connectivity index (χ2v) is 7.90. The minimum absolute atomic E-state index is 0.145. The number of aromatic nitrogens is 2. The molecule has 3 rings (SSSR count). The van der Waals surface area contributed by atoms with Crippen molar-refractivity contribution in [2.75, 3.05) is 26.8 Å². The second kappa shape index (κ2) is 7.13. The highest BCUT2D eigenvalue weighted by Crippen LogP contribution is 2.34. The number of methoxy groups -OCH3 is 1. The predicted octanol–water partition coefficient (Wildman–Crippen LogP) is 2.05. The fraction of sp³-hybridized carbons (Fsp3) is 0.438. The molecular formula is C16H18F3N3O4S. The predicted molar refractivity (Wildman–Crippen MR) is 89.7 cm³/mol. The first-order valence-corrected chi connectivity index (χ1v) is 9.43. The average molecular weight is 405 g/mol. The van der Waals surface area contributed by atoms with Crippen LogP contribution in [0.25, 0.3) is 11.3 Å². The summed E-state index contributed by atoms with van der Waals surface area (Å²) >= 11 is 0. The van der Waals surface area contributed by atoms with Gasteiger partial charge in [0.2, 0.25) is 10.0 Å². The van der Waals surface area contributed by atoms with Gasteiger partial charge in [0.25, 0.3) is 0 Å². The van der Waals surface area contributed by atoms with Gasteiger partial charge >= 0.3 is 6.18 Å². The average Bonchev–Trinajstić information content (AvgIpc) is 3.06. The van der Waals surface area contributed by atoms with Crippen molar-refractivity contribution >= 4 is 10.0 Å². The van der Waals surface area contributed by atoms with Crippen molar-refractivity contribution in [1.29, 1.82) is 0 Å². The summed E-state index contributed by atoms with van der Waals surface area (Å²) in [7, 11) is -1.02. The summed E-state index contributed by atoms with van der Waals surface area (Å²) in [6, 6.07) is 5.93. The third kappa shape index (κ3) is 3.80. The van der Waals surface area contributed by atoms with Gasteiger partial charge in [0.05, 0.1) is 24.3 Å². The van der Waals surface area contributed by atoms with Gasteiger partial charge in [-0.25, -0.2) is 8.42 Å². The normalized spacial score (nSPS) is 19.2. The molecule has 2 heterocycles. The Labute approximate surface area is 154 Å². The second-order valence-electron chi connectivity index (χ2n) is 5.97. The molecule has 0 saturated carbocycles. The van der Waals surface area contributed by atoms with E-state index in [1.54, 1.807) is 30.1 Å². The number of aryl methyl sites for hydroxylation is 1. The Morgan fingerprint density at radius 1 is 1.30 bits per heavy atom. The topological polar surface area (TPSA) is 73.7 Å². The number of ether oxygens (including phenoxy) is 2. The van der Waals surface area contributed by atoms with Crippen molar-refractivity contribution < 1.29 is 31.1 Å². The first kappa shape index (κ1) is 19.6. The number of rotatable bonds is 4. The van der Waals surface area contributed by atoms with Crippen LogP contribution in [-0.2, 0) is 21.8 Å². The molecule has 27 heavy (non-hydrogen) atoms. The van der Waals surface area contributed by atoms with E-state index in [0.717, 1.165) is 4.31 Å². The van der Waals surface area contributed by atoms with Crippen molar-refractivity contribution in [3.05, 3.63) is 30.5 Å². The molecule has 1 aliphatic heterocycles. The van der Waals surface area contributed by atoms with E-state index >= 15 is 0 Å². The lowest BCUT2D eigenvalue weighted by Crippen LogP contribution is -2.51. The van der Waals surface area contributed by atoms with Gasteiger partial charge in [-0.1, -0.05) is 0 Å². The van der Waals surface area contributed by atoms with Gasteiger partial charge in [-0.2, -0.15) is 22.6 Å². The molecule has 1 atom stereocenters. The summed E-state index contributed by atoms with van der Waals surface area (Å²) in [5.74, 6) is 0.278. The lowest BCUT2D eigenvalue weighted by molar-refractivity contribution is -0.231. The highest BCUT2D eigenvalue weighted by Gasteiger charge is 2.45. The molecule has 0 aliphatic carbocycles. The van der Waals surface area contributed by atoms with E-state index in [0.29, 0.717) is 11.3 Å². The molecule has 1 fully saturated rings. The zero-order valence-electron chi connectivity index (χ0n) is 14.6. The minimum Gasteiger partial charge on any atom is -0.496 e. The molecular weight excluding hydrogens is 387 g/mol. The zero-order valence-corrected chi connectivity index (χ0v) is 15.4. The van der Waals surface area contributed by atoms with Gasteiger partial charge < -0.3 is 9.47 Å². The Kier molecular flexibility index (Phi) is 5.19. The molecule has 2 aromatic rings. The molecule has 0 bridgehead atoms. The van der Waals surface area contributed by atoms with E-state index in [1.807, 2.05) is 0 Å². The van der Waals surface area contributed by atoms with E-state index in [2.05, 4.69) is 9.84 Å². The van der Waals surface area contributed by atoms with Crippen LogP contribution in [0.1, 0.15) is 0 Å². The Balaban J connectivity index is 1.94. The van der Waals surface area contributed by atoms with Crippen molar-refractivity contribution in [3.63, 3.8) is 0 Å². The number of sulfonamides is 1. The third-order valence-electron chi connectivity index (χ3n) is 4.30. The molecule has 148 valence electrons. The number of hydrogen-bond acceptors (Lipinski definition) is 5. The minimum atomic E-state index is -4.63. The van der Waals surface area contributed by atoms with Crippen molar-refractivity contribution in [1.82, 2.24) is 14.1 Å². The Morgan fingerprint density at radius 3 is 2.63 bits per heavy atom. The van der Waals surface area contributed by atoms with Crippen LogP contribution in [0.5, 0.6) is 5.75 Å². The highest BCUT2D eigenvalue weighted by atomic mass is 32.2. The molecule has 1 aliphatic rings. The van der Waals surface area contributed by atoms with Gasteiger partial charge in [0.1, 0.15) is 5.75 Å². The van der Waals surface area contributed by atoms with Crippen LogP contribution < -0.4 is 4.74 Å². The summed E-state index contributed by atoms with van der Waals surface area (Å²) in [5.41, 5.74) is 1.32. The summed E-state index contributed by atoms with van der Waals surface area (Å²) in [6.45, 7) is -1.26. The summed E-state index contributed by atoms with van der Waals surface area (Å²) < 4.78 is 76.7. The molecule has 0 radical (unpaired) electrons. The van der Waals surface area contributed by atoms with Crippen LogP contribution in [0.2, 0.25) is 0 Å². The van der Waals surface area contributed by atoms with Crippen molar-refractivity contribution in [2.24, 2.45) is 7.05 Å². The van der Waals surface area contributed by atoms with Crippen LogP contribution in [0.4, 0.5) is 13.2 Å². The zero-order chi connectivity index (χ0) is 19.8. The molecule has 1 saturated heterocycles. The first-order chi connectivity index (χ1) is 12.6. The maximum Gasteiger partial charge on any atom is 0.415 e. The summed E-state index contributed by atoms with van der Waals surface area (Å²) in [6.07, 6.45) is -5.18. The smallest absolute Gasteiger partial charge is 0.415 e. The molecule has 1 unspecified atom stereocenters. The molecule has 0 N–H and O–H groups in total. The van der Waals surface area contributed by atoms with Crippen LogP contribution in [0.3, 0.4) is 0 Å². The van der Waals surface area contributed by atoms with E-state index in [9.17, 15) is 21.6 Å². The monoisotopic (exact) mass is 405 g/mol. The van der Waals surface area contributed by atoms with Gasteiger partial charge in [0, 0.05) is 38.0 Å². The maximum atomic E-state index is 12.9. The van der Waals surface area contributed by atoms with Crippen molar-refractivity contribution in [3.8, 4) is 17.0 Å². The number of nitrogens with zero attached hydrogens (tertiary/aromatic N) is 3. The van der Waals surface area contributed by atoms with Gasteiger partial charge in [0.15, 0.2) is 6.10 Å². The maximum absolute atomic E-state index is 12.9. The van der Waals surface area contributed by atoms with Crippen molar-refractivity contribution in [2.45, 2.75) is 17.2 Å². The number of benzene rings is 1. The fourth-order valence-electron chi connectivity index (χ4n) is 2.87. The fourth-order valence-corrected chi connectivity index (χ4v) is 4.31. The van der Waals surface area contributed by atoms with Crippen LogP contribution in [-0.4, -0.2) is 61.6 Å². The van der Waals surface area contributed by atoms with Gasteiger partial charge in [-0.05, 0) is 18.2 Å². The Bertz CT molecular complexity index is 927. The lowest BCUT2D eigenvalue weighted by atomic mass is 10.1. The SMILES string of the molecule is COc1cc(S(=O)(=O)N2CCOC(C(F)(F)F)C2)ccc1-c1ccnn1C. The largest absolute Gasteiger partial charge is 0.496 e. The number of morpholine rings is 1. The Hall–Kier alpha value is -2.11. The van der Waals surface area contributed by atoms with Gasteiger partial charge in [-0.3, -0.25) is 4.68 Å². The molecule has 11 heteroatoms. The number of halogens is 3. The summed E-state index contributed by atoms with van der Waals surface area (Å²) in [5, 5.41) is 4.06. The molecule has 0 spiro atoms. The quantitative estimate of drug-likeness (QED) is 0.779. The summed E-state index contributed by atoms with van der Waals surface area (Å²) in [4.78, 5) is -0.145. The number of hydrogen-bond donors (Lipinski definition) is 0. The van der Waals surface area contributed by atoms with E-state index in [4.69, 9.17) is 4.74 Å². The highest BCUT2D eigenvalue weighted by molar-refractivity contribution is 7.89. The molecule has 7 nitrogen and oxygen atoms in total. The third-order valence-corrected chi connectivity index (χ3v) is 6.16. The standard InChI is InChI=1S/C16H18F3N3O4S/c1-21-13(5-6-20-21)12-4-3-11(9-14(12)25-2)27(23,24)22-7-8-26-15(10-22)16(17,18)19/h3-6,9,15H,7-8,10H2,1-2H3.